The summed E-state index contributed by atoms with van der Waals surface area (Å²) in [5, 5.41) is 18.9. The number of carbonyl (C=O) groups is 1. The quantitative estimate of drug-likeness (QED) is 0.355. The number of rotatable bonds is 3. The molecule has 1 aromatic carbocycles. The molecule has 0 spiro atoms. The molecule has 0 bridgehead atoms. The highest BCUT2D eigenvalue weighted by molar-refractivity contribution is 6.12. The van der Waals surface area contributed by atoms with Crippen LogP contribution < -0.4 is 0 Å². The fraction of sp³-hybridized carbons (Fsp3) is 0.154. The zero-order valence-corrected chi connectivity index (χ0v) is 9.27. The van der Waals surface area contributed by atoms with Crippen molar-refractivity contribution < 1.29 is 15.0 Å². The van der Waals surface area contributed by atoms with Crippen molar-refractivity contribution in [1.29, 1.82) is 0 Å². The number of para-hydroxylation sites is 1. The number of aliphatic hydroxyl groups is 1. The normalized spacial score (nSPS) is 12.6. The van der Waals surface area contributed by atoms with Crippen LogP contribution in [-0.4, -0.2) is 16.0 Å². The van der Waals surface area contributed by atoms with Crippen molar-refractivity contribution in [2.75, 3.05) is 0 Å². The molecule has 0 heterocycles. The molecule has 0 unspecified atom stereocenters. The predicted molar refractivity (Wildman–Crippen MR) is 62.6 cm³/mol. The van der Waals surface area contributed by atoms with Crippen molar-refractivity contribution in [1.82, 2.24) is 0 Å². The Labute approximate surface area is 94.4 Å². The van der Waals surface area contributed by atoms with Crippen molar-refractivity contribution in [3.05, 3.63) is 53.3 Å². The molecule has 0 aliphatic rings. The second kappa shape index (κ2) is 5.16. The highest BCUT2D eigenvalue weighted by Gasteiger charge is 2.15. The van der Waals surface area contributed by atoms with Gasteiger partial charge in [-0.25, -0.2) is 0 Å². The minimum atomic E-state index is -0.392. The minimum Gasteiger partial charge on any atom is -0.512 e. The first kappa shape index (κ1) is 12.0. The van der Waals surface area contributed by atoms with Crippen molar-refractivity contribution >= 4 is 5.78 Å². The van der Waals surface area contributed by atoms with E-state index in [0.717, 1.165) is 0 Å². The average Bonchev–Trinajstić information content (AvgIpc) is 2.25. The molecule has 0 aromatic heterocycles. The van der Waals surface area contributed by atoms with E-state index in [2.05, 4.69) is 0 Å². The molecule has 16 heavy (non-hydrogen) atoms. The summed E-state index contributed by atoms with van der Waals surface area (Å²) >= 11 is 0. The first-order valence-corrected chi connectivity index (χ1v) is 4.93. The number of allylic oxidation sites excluding steroid dienone is 4. The number of aliphatic hydroxyl groups excluding tert-OH is 1. The van der Waals surface area contributed by atoms with E-state index < -0.39 is 5.78 Å². The lowest BCUT2D eigenvalue weighted by atomic mass is 10.0. The van der Waals surface area contributed by atoms with E-state index >= 15 is 0 Å². The molecule has 0 saturated heterocycles. The first-order chi connectivity index (χ1) is 7.57. The predicted octanol–water partition coefficient (Wildman–Crippen LogP) is 2.98. The lowest BCUT2D eigenvalue weighted by molar-refractivity contribution is 0.103. The van der Waals surface area contributed by atoms with Crippen LogP contribution in [0.25, 0.3) is 0 Å². The zero-order chi connectivity index (χ0) is 12.1. The molecular weight excluding hydrogens is 204 g/mol. The lowest BCUT2D eigenvalue weighted by Gasteiger charge is -2.05. The van der Waals surface area contributed by atoms with Gasteiger partial charge < -0.3 is 10.2 Å². The van der Waals surface area contributed by atoms with Crippen molar-refractivity contribution in [2.24, 2.45) is 0 Å². The molecule has 0 amide bonds. The second-order valence-electron chi connectivity index (χ2n) is 3.35. The number of carbonyl (C=O) groups excluding carboxylic acids is 1. The topological polar surface area (TPSA) is 57.5 Å². The maximum atomic E-state index is 12.0. The van der Waals surface area contributed by atoms with Crippen LogP contribution in [0, 0.1) is 0 Å². The van der Waals surface area contributed by atoms with Gasteiger partial charge in [-0.15, -0.1) is 0 Å². The Morgan fingerprint density at radius 1 is 1.31 bits per heavy atom. The van der Waals surface area contributed by atoms with Crippen molar-refractivity contribution in [2.45, 2.75) is 13.8 Å². The van der Waals surface area contributed by atoms with E-state index in [1.54, 1.807) is 25.1 Å². The van der Waals surface area contributed by atoms with Gasteiger partial charge in [-0.05, 0) is 26.0 Å². The van der Waals surface area contributed by atoms with Gasteiger partial charge in [0.2, 0.25) is 0 Å². The Bertz CT molecular complexity index is 452. The Balaban J connectivity index is 3.21. The third-order valence-electron chi connectivity index (χ3n) is 2.12. The SMILES string of the molecule is C/C=C\C(C(=O)c1ccccc1O)=C(/C)O. The van der Waals surface area contributed by atoms with E-state index in [4.69, 9.17) is 0 Å². The van der Waals surface area contributed by atoms with Gasteiger partial charge in [0.15, 0.2) is 5.78 Å². The first-order valence-electron chi connectivity index (χ1n) is 4.93. The van der Waals surface area contributed by atoms with Gasteiger partial charge >= 0.3 is 0 Å². The van der Waals surface area contributed by atoms with Crippen LogP contribution in [-0.2, 0) is 0 Å². The number of phenols is 1. The van der Waals surface area contributed by atoms with E-state index in [1.807, 2.05) is 0 Å². The van der Waals surface area contributed by atoms with Crippen LogP contribution in [0.2, 0.25) is 0 Å². The smallest absolute Gasteiger partial charge is 0.200 e. The summed E-state index contributed by atoms with van der Waals surface area (Å²) in [6, 6.07) is 6.25. The Morgan fingerprint density at radius 3 is 2.44 bits per heavy atom. The van der Waals surface area contributed by atoms with Gasteiger partial charge in [0.25, 0.3) is 0 Å². The molecular formula is C13H14O3. The number of ketones is 1. The van der Waals surface area contributed by atoms with Crippen LogP contribution in [0.4, 0.5) is 0 Å². The second-order valence-corrected chi connectivity index (χ2v) is 3.35. The number of aromatic hydroxyl groups is 1. The molecule has 0 saturated carbocycles. The van der Waals surface area contributed by atoms with E-state index in [9.17, 15) is 15.0 Å². The summed E-state index contributed by atoms with van der Waals surface area (Å²) in [6.07, 6.45) is 3.18. The summed E-state index contributed by atoms with van der Waals surface area (Å²) in [4.78, 5) is 12.0. The highest BCUT2D eigenvalue weighted by Crippen LogP contribution is 2.21. The van der Waals surface area contributed by atoms with E-state index in [0.29, 0.717) is 0 Å². The Hall–Kier alpha value is -2.03. The molecule has 3 nitrogen and oxygen atoms in total. The largest absolute Gasteiger partial charge is 0.512 e. The summed E-state index contributed by atoms with van der Waals surface area (Å²) in [6.45, 7) is 3.19. The summed E-state index contributed by atoms with van der Waals surface area (Å²) in [7, 11) is 0. The molecule has 0 atom stereocenters. The molecule has 1 aromatic rings. The van der Waals surface area contributed by atoms with Crippen LogP contribution in [0.15, 0.2) is 47.7 Å². The standard InChI is InChI=1S/C13H14O3/c1-3-6-10(9(2)14)13(16)11-7-4-5-8-12(11)15/h3-8,14-15H,1-2H3/b6-3-,10-9-. The maximum absolute atomic E-state index is 12.0. The van der Waals surface area contributed by atoms with Crippen molar-refractivity contribution in [3.63, 3.8) is 0 Å². The monoisotopic (exact) mass is 218 g/mol. The Morgan fingerprint density at radius 2 is 1.94 bits per heavy atom. The van der Waals surface area contributed by atoms with Gasteiger partial charge in [-0.2, -0.15) is 0 Å². The number of benzene rings is 1. The Kier molecular flexibility index (Phi) is 3.89. The molecule has 2 N–H and O–H groups in total. The van der Waals surface area contributed by atoms with Gasteiger partial charge in [0.1, 0.15) is 11.5 Å². The minimum absolute atomic E-state index is 0.0636. The van der Waals surface area contributed by atoms with E-state index in [1.165, 1.54) is 25.1 Å². The van der Waals surface area contributed by atoms with Crippen LogP contribution in [0.1, 0.15) is 24.2 Å². The summed E-state index contributed by atoms with van der Waals surface area (Å²) < 4.78 is 0. The number of hydrogen-bond acceptors (Lipinski definition) is 3. The molecule has 3 heteroatoms. The van der Waals surface area contributed by atoms with Gasteiger partial charge in [0, 0.05) is 0 Å². The van der Waals surface area contributed by atoms with Gasteiger partial charge in [-0.1, -0.05) is 24.3 Å². The summed E-state index contributed by atoms with van der Waals surface area (Å²) in [5.74, 6) is -0.543. The highest BCUT2D eigenvalue weighted by atomic mass is 16.3. The number of hydrogen-bond donors (Lipinski definition) is 2. The zero-order valence-electron chi connectivity index (χ0n) is 9.27. The third kappa shape index (κ3) is 2.51. The molecule has 0 fully saturated rings. The molecule has 0 aliphatic carbocycles. The van der Waals surface area contributed by atoms with Crippen molar-refractivity contribution in [3.8, 4) is 5.75 Å². The van der Waals surface area contributed by atoms with E-state index in [-0.39, 0.29) is 22.6 Å². The molecule has 0 radical (unpaired) electrons. The number of Topliss-reactive ketones (excluding diaryl/α,β-unsaturated/α-hetero) is 1. The third-order valence-corrected chi connectivity index (χ3v) is 2.12. The van der Waals surface area contributed by atoms with Gasteiger partial charge in [0.05, 0.1) is 11.1 Å². The van der Waals surface area contributed by atoms with Crippen LogP contribution in [0.5, 0.6) is 5.75 Å². The number of phenolic OH excluding ortho intramolecular Hbond substituents is 1. The average molecular weight is 218 g/mol. The lowest BCUT2D eigenvalue weighted by Crippen LogP contribution is -2.04. The summed E-state index contributed by atoms with van der Waals surface area (Å²) in [5.41, 5.74) is 0.369. The van der Waals surface area contributed by atoms with Crippen LogP contribution in [0.3, 0.4) is 0 Å². The fourth-order valence-corrected chi connectivity index (χ4v) is 1.34. The maximum Gasteiger partial charge on any atom is 0.200 e. The molecule has 1 rings (SSSR count). The van der Waals surface area contributed by atoms with Crippen LogP contribution >= 0.6 is 0 Å². The van der Waals surface area contributed by atoms with Gasteiger partial charge in [-0.3, -0.25) is 4.79 Å². The molecule has 84 valence electrons. The fourth-order valence-electron chi connectivity index (χ4n) is 1.34. The molecule has 0 aliphatic heterocycles.